The number of nitrogens with one attached hydrogen (secondary N) is 1. The molecular formula is C19H27N3O4. The van der Waals surface area contributed by atoms with Crippen molar-refractivity contribution in [2.75, 3.05) is 26.2 Å². The van der Waals surface area contributed by atoms with Crippen molar-refractivity contribution in [1.29, 1.82) is 0 Å². The molecular weight excluding hydrogens is 334 g/mol. The summed E-state index contributed by atoms with van der Waals surface area (Å²) in [5, 5.41) is 11.9. The minimum absolute atomic E-state index is 0.00128. The van der Waals surface area contributed by atoms with Gasteiger partial charge in [-0.25, -0.2) is 4.79 Å². The van der Waals surface area contributed by atoms with Crippen LogP contribution in [0, 0.1) is 5.92 Å². The number of nitrogens with zero attached hydrogens (tertiary/aromatic N) is 2. The molecule has 26 heavy (non-hydrogen) atoms. The van der Waals surface area contributed by atoms with Crippen LogP contribution in [0.5, 0.6) is 0 Å². The molecule has 1 saturated heterocycles. The first-order valence-electron chi connectivity index (χ1n) is 9.10. The first kappa shape index (κ1) is 19.8. The number of benzene rings is 1. The largest absolute Gasteiger partial charge is 0.481 e. The molecule has 2 rings (SSSR count). The molecule has 0 aromatic heterocycles. The predicted octanol–water partition coefficient (Wildman–Crippen LogP) is 2.17. The van der Waals surface area contributed by atoms with Crippen molar-refractivity contribution < 1.29 is 19.5 Å². The molecule has 1 aliphatic rings. The molecule has 2 N–H and O–H groups in total. The lowest BCUT2D eigenvalue weighted by molar-refractivity contribution is -0.143. The molecule has 1 aromatic rings. The number of carbonyl (C=O) groups is 3. The zero-order valence-electron chi connectivity index (χ0n) is 15.4. The van der Waals surface area contributed by atoms with Gasteiger partial charge in [-0.1, -0.05) is 12.1 Å². The number of amides is 3. The number of aliphatic carboxylic acids is 1. The molecule has 0 radical (unpaired) electrons. The average molecular weight is 361 g/mol. The number of carboxylic acids is 1. The van der Waals surface area contributed by atoms with Crippen LogP contribution in [0.3, 0.4) is 0 Å². The second-order valence-corrected chi connectivity index (χ2v) is 6.46. The van der Waals surface area contributed by atoms with Gasteiger partial charge in [0.25, 0.3) is 5.91 Å². The van der Waals surface area contributed by atoms with E-state index >= 15 is 0 Å². The highest BCUT2D eigenvalue weighted by atomic mass is 16.4. The van der Waals surface area contributed by atoms with E-state index < -0.39 is 11.9 Å². The molecule has 1 aromatic carbocycles. The summed E-state index contributed by atoms with van der Waals surface area (Å²) < 4.78 is 0. The summed E-state index contributed by atoms with van der Waals surface area (Å²) in [5.74, 6) is -1.34. The lowest BCUT2D eigenvalue weighted by Gasteiger charge is -2.30. The van der Waals surface area contributed by atoms with Crippen molar-refractivity contribution in [3.8, 4) is 0 Å². The Balaban J connectivity index is 1.88. The zero-order chi connectivity index (χ0) is 19.1. The molecule has 7 nitrogen and oxygen atoms in total. The van der Waals surface area contributed by atoms with Crippen LogP contribution < -0.4 is 5.32 Å². The van der Waals surface area contributed by atoms with E-state index in [2.05, 4.69) is 5.32 Å². The summed E-state index contributed by atoms with van der Waals surface area (Å²) in [7, 11) is 0. The fourth-order valence-electron chi connectivity index (χ4n) is 3.11. The highest BCUT2D eigenvalue weighted by molar-refractivity contribution is 5.94. The molecule has 1 aliphatic heterocycles. The number of rotatable bonds is 6. The van der Waals surface area contributed by atoms with Gasteiger partial charge < -0.3 is 20.2 Å². The van der Waals surface area contributed by atoms with Gasteiger partial charge in [-0.3, -0.25) is 9.59 Å². The Labute approximate surface area is 154 Å². The first-order valence-corrected chi connectivity index (χ1v) is 9.10. The minimum atomic E-state index is -0.851. The Kier molecular flexibility index (Phi) is 7.00. The number of hydrogen-bond donors (Lipinski definition) is 2. The highest BCUT2D eigenvalue weighted by Gasteiger charge is 2.27. The Hall–Kier alpha value is -2.57. The van der Waals surface area contributed by atoms with Crippen molar-refractivity contribution in [1.82, 2.24) is 15.1 Å². The predicted molar refractivity (Wildman–Crippen MR) is 97.9 cm³/mol. The second kappa shape index (κ2) is 9.22. The third-order valence-corrected chi connectivity index (χ3v) is 4.75. The van der Waals surface area contributed by atoms with Gasteiger partial charge >= 0.3 is 12.0 Å². The molecule has 0 saturated carbocycles. The first-order chi connectivity index (χ1) is 12.5. The maximum absolute atomic E-state index is 12.3. The van der Waals surface area contributed by atoms with Crippen LogP contribution in [0.1, 0.15) is 42.6 Å². The van der Waals surface area contributed by atoms with E-state index in [1.165, 1.54) is 0 Å². The molecule has 1 fully saturated rings. The monoisotopic (exact) mass is 361 g/mol. The Morgan fingerprint density at radius 3 is 2.42 bits per heavy atom. The molecule has 142 valence electrons. The van der Waals surface area contributed by atoms with Crippen LogP contribution in [-0.4, -0.2) is 59.0 Å². The molecule has 1 atom stereocenters. The van der Waals surface area contributed by atoms with E-state index in [-0.39, 0.29) is 18.5 Å². The lowest BCUT2D eigenvalue weighted by Crippen LogP contribution is -2.46. The number of urea groups is 1. The fourth-order valence-corrected chi connectivity index (χ4v) is 3.11. The SMILES string of the molecule is CCN(CC)C(=O)c1ccc(CNC(=O)N2CCCC(C(=O)O)C2)cc1. The van der Waals surface area contributed by atoms with Gasteiger partial charge in [-0.15, -0.1) is 0 Å². The van der Waals surface area contributed by atoms with Crippen LogP contribution in [0.2, 0.25) is 0 Å². The van der Waals surface area contributed by atoms with Gasteiger partial charge in [0.1, 0.15) is 0 Å². The van der Waals surface area contributed by atoms with E-state index in [9.17, 15) is 14.4 Å². The number of carbonyl (C=O) groups excluding carboxylic acids is 2. The van der Waals surface area contributed by atoms with E-state index in [4.69, 9.17) is 5.11 Å². The fraction of sp³-hybridized carbons (Fsp3) is 0.526. The number of likely N-dealkylation sites (tertiary alicyclic amines) is 1. The Morgan fingerprint density at radius 2 is 1.85 bits per heavy atom. The van der Waals surface area contributed by atoms with Gasteiger partial charge in [0.15, 0.2) is 0 Å². The maximum Gasteiger partial charge on any atom is 0.317 e. The minimum Gasteiger partial charge on any atom is -0.481 e. The number of hydrogen-bond acceptors (Lipinski definition) is 3. The van der Waals surface area contributed by atoms with E-state index in [0.717, 1.165) is 5.56 Å². The third-order valence-electron chi connectivity index (χ3n) is 4.75. The zero-order valence-corrected chi connectivity index (χ0v) is 15.4. The highest BCUT2D eigenvalue weighted by Crippen LogP contribution is 2.16. The second-order valence-electron chi connectivity index (χ2n) is 6.46. The van der Waals surface area contributed by atoms with Crippen LogP contribution in [-0.2, 0) is 11.3 Å². The summed E-state index contributed by atoms with van der Waals surface area (Å²) in [4.78, 5) is 38.9. The topological polar surface area (TPSA) is 90.0 Å². The standard InChI is InChI=1S/C19H27N3O4/c1-3-21(4-2)17(23)15-9-7-14(8-10-15)12-20-19(26)22-11-5-6-16(13-22)18(24)25/h7-10,16H,3-6,11-13H2,1-2H3,(H,20,26)(H,24,25). The average Bonchev–Trinajstić information content (AvgIpc) is 2.67. The smallest absolute Gasteiger partial charge is 0.317 e. The van der Waals surface area contributed by atoms with Gasteiger partial charge in [0.2, 0.25) is 0 Å². The summed E-state index contributed by atoms with van der Waals surface area (Å²) in [6, 6.07) is 6.94. The molecule has 0 aliphatic carbocycles. The number of carboxylic acid groups (broad SMARTS) is 1. The molecule has 1 heterocycles. The molecule has 0 bridgehead atoms. The van der Waals surface area contributed by atoms with Crippen molar-refractivity contribution in [2.24, 2.45) is 5.92 Å². The van der Waals surface area contributed by atoms with Gasteiger partial charge in [0, 0.05) is 38.3 Å². The molecule has 0 spiro atoms. The van der Waals surface area contributed by atoms with Crippen LogP contribution in [0.4, 0.5) is 4.79 Å². The van der Waals surface area contributed by atoms with Crippen molar-refractivity contribution >= 4 is 17.9 Å². The number of piperidine rings is 1. The lowest BCUT2D eigenvalue weighted by atomic mass is 9.99. The molecule has 3 amide bonds. The third kappa shape index (κ3) is 4.97. The maximum atomic E-state index is 12.3. The summed E-state index contributed by atoms with van der Waals surface area (Å²) in [6.07, 6.45) is 1.31. The van der Waals surface area contributed by atoms with E-state index in [1.807, 2.05) is 26.0 Å². The van der Waals surface area contributed by atoms with Crippen LogP contribution in [0.25, 0.3) is 0 Å². The summed E-state index contributed by atoms with van der Waals surface area (Å²) in [6.45, 7) is 6.39. The van der Waals surface area contributed by atoms with Crippen LogP contribution >= 0.6 is 0 Å². The molecule has 7 heteroatoms. The van der Waals surface area contributed by atoms with Gasteiger partial charge in [0.05, 0.1) is 5.92 Å². The van der Waals surface area contributed by atoms with Crippen LogP contribution in [0.15, 0.2) is 24.3 Å². The summed E-state index contributed by atoms with van der Waals surface area (Å²) >= 11 is 0. The van der Waals surface area contributed by atoms with Crippen molar-refractivity contribution in [2.45, 2.75) is 33.2 Å². The van der Waals surface area contributed by atoms with Gasteiger partial charge in [-0.2, -0.15) is 0 Å². The van der Waals surface area contributed by atoms with Gasteiger partial charge in [-0.05, 0) is 44.4 Å². The van der Waals surface area contributed by atoms with Crippen molar-refractivity contribution in [3.05, 3.63) is 35.4 Å². The van der Waals surface area contributed by atoms with Crippen molar-refractivity contribution in [3.63, 3.8) is 0 Å². The quantitative estimate of drug-likeness (QED) is 0.813. The Morgan fingerprint density at radius 1 is 1.19 bits per heavy atom. The summed E-state index contributed by atoms with van der Waals surface area (Å²) in [5.41, 5.74) is 1.52. The Bertz CT molecular complexity index is 641. The van der Waals surface area contributed by atoms with E-state index in [1.54, 1.807) is 21.9 Å². The molecule has 1 unspecified atom stereocenters. The van der Waals surface area contributed by atoms with E-state index in [0.29, 0.717) is 44.6 Å². The normalized spacial score (nSPS) is 16.8.